The lowest BCUT2D eigenvalue weighted by Crippen LogP contribution is -2.23. The van der Waals surface area contributed by atoms with Crippen molar-refractivity contribution in [2.45, 2.75) is 19.6 Å². The fourth-order valence-electron chi connectivity index (χ4n) is 0.861. The standard InChI is InChI=1S/C6H11N2.C2H3F4O4P/c1-3-8-5-4-7(2)6-8;3-2(4,5)1-9-11(7,8)10-6/h4-6H,3H2,1-2H3;1H2,(H,7,8)/q+1;/p-1. The van der Waals surface area contributed by atoms with Gasteiger partial charge in [0.25, 0.3) is 0 Å². The number of halogens is 4. The van der Waals surface area contributed by atoms with Crippen LogP contribution < -0.4 is 9.46 Å². The summed E-state index contributed by atoms with van der Waals surface area (Å²) in [5.41, 5.74) is 0. The molecule has 0 amide bonds. The van der Waals surface area contributed by atoms with Crippen LogP contribution in [0.3, 0.4) is 0 Å². The maximum absolute atomic E-state index is 11.2. The molecule has 112 valence electrons. The van der Waals surface area contributed by atoms with Gasteiger partial charge in [-0.25, -0.2) is 9.13 Å². The van der Waals surface area contributed by atoms with Gasteiger partial charge in [0.1, 0.15) is 12.4 Å². The number of imidazole rings is 1. The lowest BCUT2D eigenvalue weighted by Gasteiger charge is -2.17. The summed E-state index contributed by atoms with van der Waals surface area (Å²) >= 11 is 0. The van der Waals surface area contributed by atoms with Crippen LogP contribution in [0.25, 0.3) is 0 Å². The second kappa shape index (κ2) is 7.59. The molecule has 0 aliphatic rings. The Bertz CT molecular complexity index is 423. The van der Waals surface area contributed by atoms with Gasteiger partial charge in [-0.1, -0.05) is 0 Å². The van der Waals surface area contributed by atoms with Crippen molar-refractivity contribution >= 4 is 7.82 Å². The minimum absolute atomic E-state index is 1.06. The van der Waals surface area contributed by atoms with E-state index in [4.69, 9.17) is 0 Å². The summed E-state index contributed by atoms with van der Waals surface area (Å²) in [5, 5.41) is 0. The molecular weight excluding hydrogens is 295 g/mol. The number of hydrogen-bond acceptors (Lipinski definition) is 4. The van der Waals surface area contributed by atoms with Gasteiger partial charge in [0, 0.05) is 0 Å². The van der Waals surface area contributed by atoms with Crippen LogP contribution in [0.2, 0.25) is 0 Å². The normalized spacial score (nSPS) is 14.5. The van der Waals surface area contributed by atoms with Crippen LogP contribution in [0.15, 0.2) is 18.7 Å². The molecule has 0 saturated heterocycles. The third-order valence-corrected chi connectivity index (χ3v) is 2.27. The SMILES string of the molecule is CCn1cc[n+](C)c1.O=P([O-])(OF)OCC(F)(F)F. The van der Waals surface area contributed by atoms with Crippen molar-refractivity contribution in [2.24, 2.45) is 7.05 Å². The molecule has 0 radical (unpaired) electrons. The fraction of sp³-hybridized carbons (Fsp3) is 0.625. The van der Waals surface area contributed by atoms with E-state index in [0.717, 1.165) is 6.54 Å². The van der Waals surface area contributed by atoms with Gasteiger partial charge in [-0.05, 0) is 11.4 Å². The van der Waals surface area contributed by atoms with Crippen LogP contribution >= 0.6 is 7.82 Å². The summed E-state index contributed by atoms with van der Waals surface area (Å²) < 4.78 is 63.3. The van der Waals surface area contributed by atoms with Crippen LogP contribution in [-0.2, 0) is 27.4 Å². The molecule has 0 spiro atoms. The fourth-order valence-corrected chi connectivity index (χ4v) is 1.21. The van der Waals surface area contributed by atoms with Crippen molar-refractivity contribution in [3.05, 3.63) is 18.7 Å². The largest absolute Gasteiger partial charge is 0.754 e. The van der Waals surface area contributed by atoms with Gasteiger partial charge in [0.05, 0.1) is 13.6 Å². The lowest BCUT2D eigenvalue weighted by molar-refractivity contribution is -0.671. The van der Waals surface area contributed by atoms with Crippen molar-refractivity contribution < 1.29 is 41.0 Å². The molecule has 1 rings (SSSR count). The van der Waals surface area contributed by atoms with Crippen LogP contribution in [0.5, 0.6) is 0 Å². The number of aromatic nitrogens is 2. The van der Waals surface area contributed by atoms with Crippen molar-refractivity contribution in [1.82, 2.24) is 4.57 Å². The molecule has 0 bridgehead atoms. The quantitative estimate of drug-likeness (QED) is 0.477. The molecule has 1 unspecified atom stereocenters. The number of alkyl halides is 3. The van der Waals surface area contributed by atoms with E-state index in [-0.39, 0.29) is 0 Å². The number of rotatable bonds is 4. The number of nitrogens with zero attached hydrogens (tertiary/aromatic N) is 2. The topological polar surface area (TPSA) is 67.4 Å². The molecule has 1 aromatic heterocycles. The van der Waals surface area contributed by atoms with E-state index in [1.807, 2.05) is 17.8 Å². The molecule has 1 atom stereocenters. The van der Waals surface area contributed by atoms with E-state index in [9.17, 15) is 27.2 Å². The van der Waals surface area contributed by atoms with Gasteiger partial charge >= 0.3 is 14.0 Å². The number of phosphoric ester groups is 1. The number of hydrogen-bond donors (Lipinski definition) is 0. The Labute approximate surface area is 106 Å². The molecular formula is C8H13F4N2O4P. The second-order valence-corrected chi connectivity index (χ2v) is 4.61. The molecule has 1 heterocycles. The first-order valence-corrected chi connectivity index (χ1v) is 6.39. The van der Waals surface area contributed by atoms with Gasteiger partial charge < -0.3 is 9.42 Å². The van der Waals surface area contributed by atoms with Crippen molar-refractivity contribution in [1.29, 1.82) is 0 Å². The number of aryl methyl sites for hydroxylation is 2. The first-order valence-electron chi connectivity index (χ1n) is 4.93. The van der Waals surface area contributed by atoms with Crippen LogP contribution in [0.4, 0.5) is 17.7 Å². The molecule has 0 saturated carbocycles. The molecule has 0 aliphatic carbocycles. The zero-order chi connectivity index (χ0) is 15.1. The Morgan fingerprint density at radius 3 is 2.32 bits per heavy atom. The monoisotopic (exact) mass is 308 g/mol. The third-order valence-electron chi connectivity index (χ3n) is 1.66. The highest BCUT2D eigenvalue weighted by Gasteiger charge is 2.30. The molecule has 11 heteroatoms. The van der Waals surface area contributed by atoms with Crippen molar-refractivity contribution in [3.63, 3.8) is 0 Å². The van der Waals surface area contributed by atoms with E-state index in [1.165, 1.54) is 0 Å². The minimum Gasteiger partial charge on any atom is -0.754 e. The predicted octanol–water partition coefficient (Wildman–Crippen LogP) is 1.27. The van der Waals surface area contributed by atoms with E-state index in [0.29, 0.717) is 0 Å². The molecule has 0 fully saturated rings. The van der Waals surface area contributed by atoms with Gasteiger partial charge in [-0.2, -0.15) is 13.2 Å². The molecule has 1 aromatic rings. The van der Waals surface area contributed by atoms with Crippen LogP contribution in [0.1, 0.15) is 6.92 Å². The molecule has 0 N–H and O–H groups in total. The Balaban J connectivity index is 0.000000356. The maximum Gasteiger partial charge on any atom is 0.412 e. The average Bonchev–Trinajstić information content (AvgIpc) is 2.73. The summed E-state index contributed by atoms with van der Waals surface area (Å²) in [6.45, 7) is 1.08. The lowest BCUT2D eigenvalue weighted by atomic mass is 10.7. The van der Waals surface area contributed by atoms with Gasteiger partial charge in [-0.15, -0.1) is 4.73 Å². The van der Waals surface area contributed by atoms with Crippen LogP contribution in [-0.4, -0.2) is 17.4 Å². The Morgan fingerprint density at radius 1 is 1.47 bits per heavy atom. The first kappa shape index (κ1) is 18.0. The second-order valence-electron chi connectivity index (χ2n) is 3.31. The van der Waals surface area contributed by atoms with Crippen LogP contribution in [0, 0.1) is 0 Å². The van der Waals surface area contributed by atoms with Crippen molar-refractivity contribution in [3.8, 4) is 0 Å². The summed E-state index contributed by atoms with van der Waals surface area (Å²) in [6, 6.07) is 0. The first-order chi connectivity index (χ1) is 8.59. The maximum atomic E-state index is 11.2. The summed E-state index contributed by atoms with van der Waals surface area (Å²) in [4.78, 5) is 9.75. The predicted molar refractivity (Wildman–Crippen MR) is 53.1 cm³/mol. The van der Waals surface area contributed by atoms with Gasteiger partial charge in [-0.3, -0.25) is 4.57 Å². The summed E-state index contributed by atoms with van der Waals surface area (Å²) in [6.07, 6.45) is 1.31. The zero-order valence-corrected chi connectivity index (χ0v) is 11.0. The summed E-state index contributed by atoms with van der Waals surface area (Å²) in [7, 11) is -3.39. The highest BCUT2D eigenvalue weighted by Crippen LogP contribution is 2.40. The van der Waals surface area contributed by atoms with E-state index >= 15 is 0 Å². The third kappa shape index (κ3) is 9.60. The smallest absolute Gasteiger partial charge is 0.412 e. The van der Waals surface area contributed by atoms with E-state index in [1.54, 1.807) is 0 Å². The zero-order valence-electron chi connectivity index (χ0n) is 10.1. The minimum atomic E-state index is -5.41. The molecule has 0 aliphatic heterocycles. The van der Waals surface area contributed by atoms with E-state index in [2.05, 4.69) is 33.3 Å². The van der Waals surface area contributed by atoms with Gasteiger partial charge in [0.15, 0.2) is 6.61 Å². The van der Waals surface area contributed by atoms with Crippen molar-refractivity contribution in [2.75, 3.05) is 6.61 Å². The number of phosphoric acid groups is 1. The Hall–Kier alpha value is -0.960. The average molecular weight is 308 g/mol. The van der Waals surface area contributed by atoms with E-state index < -0.39 is 20.6 Å². The molecule has 0 aromatic carbocycles. The Kier molecular flexibility index (Phi) is 7.20. The summed E-state index contributed by atoms with van der Waals surface area (Å²) in [5.74, 6) is 0. The Morgan fingerprint density at radius 2 is 2.05 bits per heavy atom. The van der Waals surface area contributed by atoms with Gasteiger partial charge in [0.2, 0.25) is 6.33 Å². The molecule has 6 nitrogen and oxygen atoms in total. The highest BCUT2D eigenvalue weighted by atomic mass is 31.2. The highest BCUT2D eigenvalue weighted by molar-refractivity contribution is 7.45. The molecule has 19 heavy (non-hydrogen) atoms.